The maximum atomic E-state index is 9.11. The number of nitrogens with zero attached hydrogens (tertiary/aromatic N) is 2. The van der Waals surface area contributed by atoms with E-state index >= 15 is 0 Å². The minimum atomic E-state index is 0.0900. The van der Waals surface area contributed by atoms with E-state index in [-0.39, 0.29) is 6.61 Å². The lowest BCUT2D eigenvalue weighted by atomic mass is 10.0. The van der Waals surface area contributed by atoms with E-state index in [0.29, 0.717) is 0 Å². The predicted molar refractivity (Wildman–Crippen MR) is 71.2 cm³/mol. The summed E-state index contributed by atoms with van der Waals surface area (Å²) >= 11 is 0. The third-order valence-electron chi connectivity index (χ3n) is 3.08. The molecule has 0 saturated carbocycles. The van der Waals surface area contributed by atoms with Gasteiger partial charge in [0.25, 0.3) is 0 Å². The van der Waals surface area contributed by atoms with Crippen molar-refractivity contribution >= 4 is 10.8 Å². The highest BCUT2D eigenvalue weighted by Crippen LogP contribution is 2.18. The lowest BCUT2D eigenvalue weighted by molar-refractivity contribution is 0.282. The second-order valence-corrected chi connectivity index (χ2v) is 4.41. The summed E-state index contributed by atoms with van der Waals surface area (Å²) in [7, 11) is 0. The first-order chi connectivity index (χ1) is 8.85. The van der Waals surface area contributed by atoms with Gasteiger partial charge in [-0.1, -0.05) is 24.3 Å². The number of aliphatic hydroxyl groups excluding tert-OH is 1. The summed E-state index contributed by atoms with van der Waals surface area (Å²) in [6, 6.07) is 12.4. The van der Waals surface area contributed by atoms with Crippen LogP contribution in [-0.4, -0.2) is 14.7 Å². The summed E-state index contributed by atoms with van der Waals surface area (Å²) in [5, 5.41) is 11.5. The van der Waals surface area contributed by atoms with Crippen LogP contribution in [0.4, 0.5) is 0 Å². The molecule has 18 heavy (non-hydrogen) atoms. The number of imidazole rings is 1. The fourth-order valence-electron chi connectivity index (χ4n) is 2.13. The van der Waals surface area contributed by atoms with Crippen LogP contribution >= 0.6 is 0 Å². The Morgan fingerprint density at radius 3 is 2.39 bits per heavy atom. The van der Waals surface area contributed by atoms with Crippen LogP contribution in [0.1, 0.15) is 11.1 Å². The van der Waals surface area contributed by atoms with Gasteiger partial charge in [0.05, 0.1) is 12.9 Å². The van der Waals surface area contributed by atoms with Crippen molar-refractivity contribution in [2.75, 3.05) is 0 Å². The van der Waals surface area contributed by atoms with Crippen molar-refractivity contribution in [3.05, 3.63) is 66.2 Å². The average Bonchev–Trinajstić information content (AvgIpc) is 2.91. The van der Waals surface area contributed by atoms with Crippen molar-refractivity contribution in [1.82, 2.24) is 9.55 Å². The monoisotopic (exact) mass is 238 g/mol. The van der Waals surface area contributed by atoms with Crippen LogP contribution in [0.5, 0.6) is 0 Å². The second-order valence-electron chi connectivity index (χ2n) is 4.41. The normalized spacial score (nSPS) is 10.9. The van der Waals surface area contributed by atoms with Crippen molar-refractivity contribution in [1.29, 1.82) is 0 Å². The Balaban J connectivity index is 1.96. The van der Waals surface area contributed by atoms with E-state index in [2.05, 4.69) is 29.2 Å². The van der Waals surface area contributed by atoms with Crippen LogP contribution in [0.25, 0.3) is 10.8 Å². The number of rotatable bonds is 3. The van der Waals surface area contributed by atoms with Gasteiger partial charge in [-0.3, -0.25) is 0 Å². The zero-order valence-corrected chi connectivity index (χ0v) is 9.95. The second kappa shape index (κ2) is 4.63. The van der Waals surface area contributed by atoms with Crippen LogP contribution in [-0.2, 0) is 13.2 Å². The van der Waals surface area contributed by atoms with Crippen LogP contribution in [0, 0.1) is 0 Å². The first-order valence-corrected chi connectivity index (χ1v) is 5.93. The molecule has 0 radical (unpaired) electrons. The first kappa shape index (κ1) is 11.0. The van der Waals surface area contributed by atoms with Gasteiger partial charge in [-0.25, -0.2) is 4.98 Å². The molecule has 0 atom stereocenters. The van der Waals surface area contributed by atoms with E-state index in [1.54, 1.807) is 6.20 Å². The summed E-state index contributed by atoms with van der Waals surface area (Å²) in [4.78, 5) is 4.04. The number of benzene rings is 2. The van der Waals surface area contributed by atoms with Gasteiger partial charge >= 0.3 is 0 Å². The molecule has 0 aliphatic rings. The summed E-state index contributed by atoms with van der Waals surface area (Å²) in [5.74, 6) is 0. The third kappa shape index (κ3) is 2.13. The average molecular weight is 238 g/mol. The molecule has 3 nitrogen and oxygen atoms in total. The Kier molecular flexibility index (Phi) is 2.82. The van der Waals surface area contributed by atoms with Crippen molar-refractivity contribution in [3.63, 3.8) is 0 Å². The molecule has 0 unspecified atom stereocenters. The van der Waals surface area contributed by atoms with Crippen molar-refractivity contribution in [3.8, 4) is 0 Å². The van der Waals surface area contributed by atoms with E-state index in [4.69, 9.17) is 5.11 Å². The number of hydrogen-bond acceptors (Lipinski definition) is 2. The number of fused-ring (bicyclic) bond motifs is 1. The third-order valence-corrected chi connectivity index (χ3v) is 3.08. The smallest absolute Gasteiger partial charge is 0.0949 e. The van der Waals surface area contributed by atoms with E-state index in [9.17, 15) is 0 Å². The van der Waals surface area contributed by atoms with Crippen LogP contribution < -0.4 is 0 Å². The SMILES string of the molecule is OCc1ccc2cc(Cn3ccnc3)ccc2c1. The summed E-state index contributed by atoms with van der Waals surface area (Å²) in [6.45, 7) is 0.921. The highest BCUT2D eigenvalue weighted by atomic mass is 16.3. The lowest BCUT2D eigenvalue weighted by Crippen LogP contribution is -1.96. The van der Waals surface area contributed by atoms with E-state index in [1.165, 1.54) is 10.9 Å². The zero-order valence-electron chi connectivity index (χ0n) is 9.95. The Morgan fingerprint density at radius 1 is 1.00 bits per heavy atom. The van der Waals surface area contributed by atoms with Crippen LogP contribution in [0.2, 0.25) is 0 Å². The topological polar surface area (TPSA) is 38.0 Å². The van der Waals surface area contributed by atoms with Gasteiger partial charge in [0.2, 0.25) is 0 Å². The Labute approximate surface area is 105 Å². The predicted octanol–water partition coefficient (Wildman–Crippen LogP) is 2.58. The number of aromatic nitrogens is 2. The molecular weight excluding hydrogens is 224 g/mol. The minimum Gasteiger partial charge on any atom is -0.392 e. The van der Waals surface area contributed by atoms with Crippen molar-refractivity contribution in [2.24, 2.45) is 0 Å². The molecule has 0 fully saturated rings. The van der Waals surface area contributed by atoms with Gasteiger partial charge < -0.3 is 9.67 Å². The van der Waals surface area contributed by atoms with E-state index in [1.807, 2.05) is 29.2 Å². The Morgan fingerprint density at radius 2 is 1.72 bits per heavy atom. The molecule has 1 N–H and O–H groups in total. The maximum absolute atomic E-state index is 9.11. The van der Waals surface area contributed by atoms with Gasteiger partial charge in [0.15, 0.2) is 0 Å². The standard InChI is InChI=1S/C15H14N2O/c18-10-13-2-4-14-7-12(1-3-15(14)8-13)9-17-6-5-16-11-17/h1-8,11,18H,9-10H2. The molecule has 3 aromatic rings. The van der Waals surface area contributed by atoms with Gasteiger partial charge in [0.1, 0.15) is 0 Å². The molecule has 90 valence electrons. The van der Waals surface area contributed by atoms with E-state index < -0.39 is 0 Å². The molecule has 1 aromatic heterocycles. The Bertz CT molecular complexity index is 659. The lowest BCUT2D eigenvalue weighted by Gasteiger charge is -2.06. The minimum absolute atomic E-state index is 0.0900. The molecule has 3 heteroatoms. The number of aliphatic hydroxyl groups is 1. The molecule has 3 rings (SSSR count). The summed E-state index contributed by atoms with van der Waals surface area (Å²) in [6.07, 6.45) is 5.56. The van der Waals surface area contributed by atoms with Gasteiger partial charge in [-0.2, -0.15) is 0 Å². The van der Waals surface area contributed by atoms with Gasteiger partial charge in [-0.15, -0.1) is 0 Å². The molecule has 0 spiro atoms. The largest absolute Gasteiger partial charge is 0.392 e. The quantitative estimate of drug-likeness (QED) is 0.761. The summed E-state index contributed by atoms with van der Waals surface area (Å²) < 4.78 is 2.04. The van der Waals surface area contributed by atoms with Crippen molar-refractivity contribution < 1.29 is 5.11 Å². The maximum Gasteiger partial charge on any atom is 0.0949 e. The zero-order chi connectivity index (χ0) is 12.4. The fourth-order valence-corrected chi connectivity index (χ4v) is 2.13. The molecule has 1 heterocycles. The first-order valence-electron chi connectivity index (χ1n) is 5.93. The molecule has 0 aliphatic carbocycles. The molecule has 0 bridgehead atoms. The summed E-state index contributed by atoms with van der Waals surface area (Å²) in [5.41, 5.74) is 2.20. The van der Waals surface area contributed by atoms with Crippen molar-refractivity contribution in [2.45, 2.75) is 13.2 Å². The van der Waals surface area contributed by atoms with E-state index in [0.717, 1.165) is 17.5 Å². The molecule has 0 amide bonds. The van der Waals surface area contributed by atoms with Gasteiger partial charge in [0, 0.05) is 18.9 Å². The molecule has 2 aromatic carbocycles. The molecule has 0 aliphatic heterocycles. The van der Waals surface area contributed by atoms with Crippen LogP contribution in [0.3, 0.4) is 0 Å². The fraction of sp³-hybridized carbons (Fsp3) is 0.133. The molecular formula is C15H14N2O. The Hall–Kier alpha value is -2.13. The molecule has 0 saturated heterocycles. The van der Waals surface area contributed by atoms with Crippen LogP contribution in [0.15, 0.2) is 55.1 Å². The number of hydrogen-bond donors (Lipinski definition) is 1. The highest BCUT2D eigenvalue weighted by molar-refractivity contribution is 5.83. The highest BCUT2D eigenvalue weighted by Gasteiger charge is 1.99. The van der Waals surface area contributed by atoms with Gasteiger partial charge in [-0.05, 0) is 34.0 Å².